The van der Waals surface area contributed by atoms with Crippen LogP contribution >= 0.6 is 0 Å². The lowest BCUT2D eigenvalue weighted by molar-refractivity contribution is -0.146. The van der Waals surface area contributed by atoms with Gasteiger partial charge in [-0.3, -0.25) is 0 Å². The third-order valence-corrected chi connectivity index (χ3v) is 2.28. The lowest BCUT2D eigenvalue weighted by atomic mass is 10.1. The first kappa shape index (κ1) is 14.0. The van der Waals surface area contributed by atoms with Crippen molar-refractivity contribution < 1.29 is 19.8 Å². The summed E-state index contributed by atoms with van der Waals surface area (Å²) in [7, 11) is 0. The molecule has 0 heterocycles. The summed E-state index contributed by atoms with van der Waals surface area (Å²) in [4.78, 5) is 21.6. The van der Waals surface area contributed by atoms with Gasteiger partial charge >= 0.3 is 12.0 Å². The molecular weight excluding hydrogens is 236 g/mol. The fraction of sp³-hybridized carbons (Fsp3) is 0.333. The van der Waals surface area contributed by atoms with E-state index in [-0.39, 0.29) is 6.54 Å². The third-order valence-electron chi connectivity index (χ3n) is 2.28. The first-order valence-electron chi connectivity index (χ1n) is 5.47. The number of urea groups is 1. The number of aryl methyl sites for hydroxylation is 1. The first-order valence-corrected chi connectivity index (χ1v) is 5.47. The van der Waals surface area contributed by atoms with E-state index in [9.17, 15) is 9.59 Å². The maximum atomic E-state index is 11.3. The van der Waals surface area contributed by atoms with E-state index in [1.165, 1.54) is 0 Å². The van der Waals surface area contributed by atoms with Crippen LogP contribution in [0.5, 0.6) is 0 Å². The molecule has 4 N–H and O–H groups in total. The highest BCUT2D eigenvalue weighted by molar-refractivity contribution is 5.76. The van der Waals surface area contributed by atoms with Crippen LogP contribution < -0.4 is 10.6 Å². The molecule has 0 unspecified atom stereocenters. The van der Waals surface area contributed by atoms with E-state index >= 15 is 0 Å². The smallest absolute Gasteiger partial charge is 0.334 e. The summed E-state index contributed by atoms with van der Waals surface area (Å²) in [6.07, 6.45) is -1.59. The van der Waals surface area contributed by atoms with Crippen LogP contribution in [0.15, 0.2) is 24.3 Å². The molecule has 0 aliphatic heterocycles. The van der Waals surface area contributed by atoms with E-state index < -0.39 is 18.1 Å². The zero-order valence-corrected chi connectivity index (χ0v) is 10.0. The molecule has 6 heteroatoms. The topological polar surface area (TPSA) is 98.7 Å². The van der Waals surface area contributed by atoms with Crippen molar-refractivity contribution in [1.29, 1.82) is 0 Å². The molecule has 0 aliphatic carbocycles. The van der Waals surface area contributed by atoms with Crippen LogP contribution in [-0.2, 0) is 11.3 Å². The summed E-state index contributed by atoms with van der Waals surface area (Å²) < 4.78 is 0. The number of rotatable bonds is 5. The summed E-state index contributed by atoms with van der Waals surface area (Å²) in [5, 5.41) is 22.2. The van der Waals surface area contributed by atoms with E-state index in [0.29, 0.717) is 6.54 Å². The Hall–Kier alpha value is -2.08. The molecule has 98 valence electrons. The number of aliphatic carboxylic acids is 1. The Morgan fingerprint density at radius 3 is 2.67 bits per heavy atom. The minimum absolute atomic E-state index is 0.324. The lowest BCUT2D eigenvalue weighted by Crippen LogP contribution is -2.41. The highest BCUT2D eigenvalue weighted by Gasteiger charge is 2.13. The standard InChI is InChI=1S/C12H16N2O4/c1-8-3-2-4-9(5-8)6-13-12(18)14-7-10(15)11(16)17/h2-5,10,15H,6-7H2,1H3,(H,16,17)(H2,13,14,18)/t10-/m0/s1. The number of nitrogens with one attached hydrogen (secondary N) is 2. The average Bonchev–Trinajstić information content (AvgIpc) is 2.33. The molecule has 0 fully saturated rings. The Morgan fingerprint density at radius 2 is 2.06 bits per heavy atom. The van der Waals surface area contributed by atoms with Crippen molar-refractivity contribution in [3.63, 3.8) is 0 Å². The van der Waals surface area contributed by atoms with Crippen molar-refractivity contribution >= 4 is 12.0 Å². The highest BCUT2D eigenvalue weighted by atomic mass is 16.4. The molecule has 0 spiro atoms. The van der Waals surface area contributed by atoms with Gasteiger partial charge in [-0.15, -0.1) is 0 Å². The van der Waals surface area contributed by atoms with Gasteiger partial charge < -0.3 is 20.8 Å². The summed E-state index contributed by atoms with van der Waals surface area (Å²) in [5.74, 6) is -1.37. The molecule has 0 saturated heterocycles. The van der Waals surface area contributed by atoms with E-state index in [0.717, 1.165) is 11.1 Å². The van der Waals surface area contributed by atoms with Crippen molar-refractivity contribution in [3.05, 3.63) is 35.4 Å². The zero-order valence-electron chi connectivity index (χ0n) is 10.0. The Balaban J connectivity index is 2.31. The van der Waals surface area contributed by atoms with Crippen molar-refractivity contribution in [2.75, 3.05) is 6.54 Å². The number of carbonyl (C=O) groups is 2. The second kappa shape index (κ2) is 6.61. The number of amides is 2. The van der Waals surface area contributed by atoms with Crippen LogP contribution in [0.2, 0.25) is 0 Å². The average molecular weight is 252 g/mol. The molecule has 1 rings (SSSR count). The number of aliphatic hydroxyl groups excluding tert-OH is 1. The third kappa shape index (κ3) is 4.84. The van der Waals surface area contributed by atoms with Gasteiger partial charge in [0.15, 0.2) is 6.10 Å². The molecule has 6 nitrogen and oxygen atoms in total. The predicted molar refractivity (Wildman–Crippen MR) is 65.1 cm³/mol. The van der Waals surface area contributed by atoms with Crippen molar-refractivity contribution in [3.8, 4) is 0 Å². The Bertz CT molecular complexity index is 434. The van der Waals surface area contributed by atoms with E-state index in [4.69, 9.17) is 10.2 Å². The van der Waals surface area contributed by atoms with Crippen molar-refractivity contribution in [1.82, 2.24) is 10.6 Å². The van der Waals surface area contributed by atoms with Crippen LogP contribution in [-0.4, -0.2) is 34.9 Å². The number of carbonyl (C=O) groups excluding carboxylic acids is 1. The maximum Gasteiger partial charge on any atom is 0.334 e. The molecule has 1 aromatic carbocycles. The Morgan fingerprint density at radius 1 is 1.33 bits per heavy atom. The molecule has 0 bridgehead atoms. The van der Waals surface area contributed by atoms with Crippen LogP contribution in [0.3, 0.4) is 0 Å². The molecule has 0 radical (unpaired) electrons. The predicted octanol–water partition coefficient (Wildman–Crippen LogP) is 0.240. The van der Waals surface area contributed by atoms with E-state index in [1.807, 2.05) is 31.2 Å². The molecule has 0 aromatic heterocycles. The van der Waals surface area contributed by atoms with Gasteiger partial charge in [0.05, 0.1) is 6.54 Å². The zero-order chi connectivity index (χ0) is 13.5. The van der Waals surface area contributed by atoms with Gasteiger partial charge in [-0.05, 0) is 12.5 Å². The fourth-order valence-electron chi connectivity index (χ4n) is 1.34. The quantitative estimate of drug-likeness (QED) is 0.603. The second-order valence-electron chi connectivity index (χ2n) is 3.91. The number of benzene rings is 1. The minimum Gasteiger partial charge on any atom is -0.479 e. The largest absolute Gasteiger partial charge is 0.479 e. The SMILES string of the molecule is Cc1cccc(CNC(=O)NC[C@H](O)C(=O)O)c1. The number of carboxylic acid groups (broad SMARTS) is 1. The molecule has 0 aliphatic rings. The van der Waals surface area contributed by atoms with Crippen LogP contribution in [0.25, 0.3) is 0 Å². The van der Waals surface area contributed by atoms with Crippen molar-refractivity contribution in [2.24, 2.45) is 0 Å². The lowest BCUT2D eigenvalue weighted by Gasteiger charge is -2.09. The Kier molecular flexibility index (Phi) is 5.13. The number of carboxylic acids is 1. The van der Waals surface area contributed by atoms with Crippen molar-refractivity contribution in [2.45, 2.75) is 19.6 Å². The molecular formula is C12H16N2O4. The summed E-state index contributed by atoms with van der Waals surface area (Å²) >= 11 is 0. The van der Waals surface area contributed by atoms with Gasteiger partial charge in [0.25, 0.3) is 0 Å². The van der Waals surface area contributed by atoms with Crippen LogP contribution in [0.4, 0.5) is 4.79 Å². The van der Waals surface area contributed by atoms with E-state index in [1.54, 1.807) is 0 Å². The number of aliphatic hydroxyl groups is 1. The highest BCUT2D eigenvalue weighted by Crippen LogP contribution is 2.02. The minimum atomic E-state index is -1.59. The van der Waals surface area contributed by atoms with Gasteiger partial charge in [0, 0.05) is 6.54 Å². The number of hydrogen-bond acceptors (Lipinski definition) is 3. The normalized spacial score (nSPS) is 11.7. The van der Waals surface area contributed by atoms with Crippen LogP contribution in [0.1, 0.15) is 11.1 Å². The van der Waals surface area contributed by atoms with E-state index in [2.05, 4.69) is 10.6 Å². The molecule has 2 amide bonds. The van der Waals surface area contributed by atoms with Gasteiger partial charge in [-0.25, -0.2) is 9.59 Å². The summed E-state index contributed by atoms with van der Waals surface area (Å²) in [6.45, 7) is 1.97. The summed E-state index contributed by atoms with van der Waals surface area (Å²) in [6, 6.07) is 7.13. The van der Waals surface area contributed by atoms with Gasteiger partial charge in [-0.1, -0.05) is 29.8 Å². The Labute approximate surface area is 105 Å². The monoisotopic (exact) mass is 252 g/mol. The van der Waals surface area contributed by atoms with Crippen LogP contribution in [0, 0.1) is 6.92 Å². The summed E-state index contributed by atoms with van der Waals surface area (Å²) in [5.41, 5.74) is 2.04. The molecule has 1 aromatic rings. The van der Waals surface area contributed by atoms with Gasteiger partial charge in [0.1, 0.15) is 0 Å². The second-order valence-corrected chi connectivity index (χ2v) is 3.91. The van der Waals surface area contributed by atoms with Gasteiger partial charge in [0.2, 0.25) is 0 Å². The molecule has 0 saturated carbocycles. The first-order chi connectivity index (χ1) is 8.49. The fourth-order valence-corrected chi connectivity index (χ4v) is 1.34. The molecule has 1 atom stereocenters. The molecule has 18 heavy (non-hydrogen) atoms. The number of hydrogen-bond donors (Lipinski definition) is 4. The van der Waals surface area contributed by atoms with Gasteiger partial charge in [-0.2, -0.15) is 0 Å². The maximum absolute atomic E-state index is 11.3.